The van der Waals surface area contributed by atoms with Gasteiger partial charge in [0.25, 0.3) is 0 Å². The highest BCUT2D eigenvalue weighted by Gasteiger charge is 2.41. The number of piperidine rings is 3. The maximum atomic E-state index is 12.7. The molecule has 0 aromatic heterocycles. The summed E-state index contributed by atoms with van der Waals surface area (Å²) >= 11 is 0. The normalized spacial score (nSPS) is 28.9. The van der Waals surface area contributed by atoms with Gasteiger partial charge in [-0.3, -0.25) is 4.79 Å². The van der Waals surface area contributed by atoms with Crippen molar-refractivity contribution < 1.29 is 4.79 Å². The number of rotatable bonds is 6. The number of hydrogen-bond acceptors (Lipinski definition) is 3. The number of fused-ring (bicyclic) bond motifs is 3. The van der Waals surface area contributed by atoms with Crippen LogP contribution < -0.4 is 5.32 Å². The van der Waals surface area contributed by atoms with E-state index < -0.39 is 5.41 Å². The number of amides is 1. The lowest BCUT2D eigenvalue weighted by Gasteiger charge is -2.45. The van der Waals surface area contributed by atoms with Gasteiger partial charge in [-0.2, -0.15) is 5.26 Å². The summed E-state index contributed by atoms with van der Waals surface area (Å²) in [7, 11) is 0. The van der Waals surface area contributed by atoms with E-state index in [4.69, 9.17) is 0 Å². The fourth-order valence-corrected chi connectivity index (χ4v) is 3.80. The number of nitrogens with zero attached hydrogens (tertiary/aromatic N) is 2. The minimum Gasteiger partial charge on any atom is -0.350 e. The first-order valence-electron chi connectivity index (χ1n) is 8.09. The van der Waals surface area contributed by atoms with Gasteiger partial charge in [0.2, 0.25) is 5.91 Å². The summed E-state index contributed by atoms with van der Waals surface area (Å²) in [6.07, 6.45) is 5.47. The number of nitriles is 1. The minimum atomic E-state index is -0.810. The SMILES string of the molecule is CCCC(C#N)(CCC)C(=O)NC1CN2CCC1CC2. The summed E-state index contributed by atoms with van der Waals surface area (Å²) in [4.78, 5) is 15.1. The van der Waals surface area contributed by atoms with Crippen LogP contribution in [0, 0.1) is 22.7 Å². The van der Waals surface area contributed by atoms with Crippen molar-refractivity contribution in [3.63, 3.8) is 0 Å². The molecule has 2 bridgehead atoms. The van der Waals surface area contributed by atoms with E-state index in [1.165, 1.54) is 25.9 Å². The Kier molecular flexibility index (Phi) is 5.04. The van der Waals surface area contributed by atoms with Gasteiger partial charge in [-0.25, -0.2) is 0 Å². The average molecular weight is 277 g/mol. The van der Waals surface area contributed by atoms with Crippen molar-refractivity contribution in [3.05, 3.63) is 0 Å². The Morgan fingerprint density at radius 1 is 1.30 bits per heavy atom. The molecule has 3 saturated heterocycles. The summed E-state index contributed by atoms with van der Waals surface area (Å²) in [5, 5.41) is 12.8. The van der Waals surface area contributed by atoms with E-state index in [1.54, 1.807) is 0 Å². The van der Waals surface area contributed by atoms with Crippen LogP contribution in [-0.4, -0.2) is 36.5 Å². The molecule has 0 spiro atoms. The lowest BCUT2D eigenvalue weighted by atomic mass is 9.78. The molecule has 1 unspecified atom stereocenters. The first-order chi connectivity index (χ1) is 9.65. The average Bonchev–Trinajstić information content (AvgIpc) is 2.48. The Morgan fingerprint density at radius 2 is 1.90 bits per heavy atom. The molecule has 4 nitrogen and oxygen atoms in total. The molecule has 1 N–H and O–H groups in total. The van der Waals surface area contributed by atoms with Gasteiger partial charge in [0.05, 0.1) is 6.07 Å². The maximum Gasteiger partial charge on any atom is 0.240 e. The molecule has 20 heavy (non-hydrogen) atoms. The number of carbonyl (C=O) groups is 1. The number of hydrogen-bond donors (Lipinski definition) is 1. The zero-order valence-corrected chi connectivity index (χ0v) is 12.8. The second-order valence-electron chi connectivity index (χ2n) is 6.41. The molecule has 3 fully saturated rings. The predicted molar refractivity (Wildman–Crippen MR) is 79.0 cm³/mol. The van der Waals surface area contributed by atoms with Crippen LogP contribution in [0.25, 0.3) is 0 Å². The van der Waals surface area contributed by atoms with Gasteiger partial charge in [-0.1, -0.05) is 26.7 Å². The molecule has 4 heteroatoms. The molecule has 0 radical (unpaired) electrons. The Bertz CT molecular complexity index is 374. The predicted octanol–water partition coefficient (Wildman–Crippen LogP) is 2.31. The smallest absolute Gasteiger partial charge is 0.240 e. The molecule has 112 valence electrons. The molecule has 3 aliphatic heterocycles. The lowest BCUT2D eigenvalue weighted by Crippen LogP contribution is -2.59. The van der Waals surface area contributed by atoms with E-state index >= 15 is 0 Å². The van der Waals surface area contributed by atoms with Gasteiger partial charge < -0.3 is 10.2 Å². The van der Waals surface area contributed by atoms with Crippen LogP contribution in [-0.2, 0) is 4.79 Å². The van der Waals surface area contributed by atoms with Gasteiger partial charge in [0.1, 0.15) is 5.41 Å². The van der Waals surface area contributed by atoms with Crippen molar-refractivity contribution in [2.45, 2.75) is 58.4 Å². The largest absolute Gasteiger partial charge is 0.350 e. The molecular formula is C16H27N3O. The molecule has 0 aromatic rings. The lowest BCUT2D eigenvalue weighted by molar-refractivity contribution is -0.131. The molecule has 0 aromatic carbocycles. The molecule has 3 heterocycles. The Morgan fingerprint density at radius 3 is 2.30 bits per heavy atom. The second kappa shape index (κ2) is 6.58. The van der Waals surface area contributed by atoms with Gasteiger partial charge >= 0.3 is 0 Å². The molecule has 0 saturated carbocycles. The van der Waals surface area contributed by atoms with Crippen LogP contribution in [0.3, 0.4) is 0 Å². The van der Waals surface area contributed by atoms with Crippen molar-refractivity contribution in [2.24, 2.45) is 11.3 Å². The zero-order chi connectivity index (χ0) is 14.6. The highest BCUT2D eigenvalue weighted by Crippen LogP contribution is 2.32. The fourth-order valence-electron chi connectivity index (χ4n) is 3.80. The van der Waals surface area contributed by atoms with E-state index in [0.717, 1.165) is 19.4 Å². The van der Waals surface area contributed by atoms with E-state index in [-0.39, 0.29) is 11.9 Å². The molecule has 0 aliphatic carbocycles. The molecule has 3 rings (SSSR count). The summed E-state index contributed by atoms with van der Waals surface area (Å²) in [5.41, 5.74) is -0.810. The van der Waals surface area contributed by atoms with Crippen LogP contribution in [0.1, 0.15) is 52.4 Å². The third-order valence-corrected chi connectivity index (χ3v) is 4.97. The van der Waals surface area contributed by atoms with Crippen molar-refractivity contribution in [3.8, 4) is 6.07 Å². The molecule has 1 amide bonds. The van der Waals surface area contributed by atoms with E-state index in [1.807, 2.05) is 13.8 Å². The third-order valence-electron chi connectivity index (χ3n) is 4.97. The van der Waals surface area contributed by atoms with Crippen molar-refractivity contribution in [1.29, 1.82) is 5.26 Å². The number of nitrogens with one attached hydrogen (secondary N) is 1. The van der Waals surface area contributed by atoms with E-state index in [0.29, 0.717) is 18.8 Å². The highest BCUT2D eigenvalue weighted by molar-refractivity contribution is 5.85. The quantitative estimate of drug-likeness (QED) is 0.810. The van der Waals surface area contributed by atoms with Gasteiger partial charge in [0, 0.05) is 12.6 Å². The van der Waals surface area contributed by atoms with Gasteiger partial charge in [0.15, 0.2) is 0 Å². The summed E-state index contributed by atoms with van der Waals surface area (Å²) in [6, 6.07) is 2.58. The maximum absolute atomic E-state index is 12.7. The van der Waals surface area contributed by atoms with Gasteiger partial charge in [-0.05, 0) is 44.7 Å². The molecule has 1 atom stereocenters. The third kappa shape index (κ3) is 2.98. The van der Waals surface area contributed by atoms with Crippen LogP contribution in [0.15, 0.2) is 0 Å². The molecule has 3 aliphatic rings. The van der Waals surface area contributed by atoms with Crippen molar-refractivity contribution in [1.82, 2.24) is 10.2 Å². The Balaban J connectivity index is 2.03. The van der Waals surface area contributed by atoms with E-state index in [2.05, 4.69) is 16.3 Å². The van der Waals surface area contributed by atoms with Crippen LogP contribution in [0.5, 0.6) is 0 Å². The second-order valence-corrected chi connectivity index (χ2v) is 6.41. The van der Waals surface area contributed by atoms with Crippen LogP contribution >= 0.6 is 0 Å². The Hall–Kier alpha value is -1.08. The fraction of sp³-hybridized carbons (Fsp3) is 0.875. The molecular weight excluding hydrogens is 250 g/mol. The summed E-state index contributed by atoms with van der Waals surface area (Å²) < 4.78 is 0. The first kappa shape index (κ1) is 15.3. The summed E-state index contributed by atoms with van der Waals surface area (Å²) in [5.74, 6) is 0.589. The highest BCUT2D eigenvalue weighted by atomic mass is 16.2. The van der Waals surface area contributed by atoms with Crippen LogP contribution in [0.4, 0.5) is 0 Å². The van der Waals surface area contributed by atoms with Gasteiger partial charge in [-0.15, -0.1) is 0 Å². The van der Waals surface area contributed by atoms with Crippen molar-refractivity contribution >= 4 is 5.91 Å². The van der Waals surface area contributed by atoms with E-state index in [9.17, 15) is 10.1 Å². The van der Waals surface area contributed by atoms with Crippen LogP contribution in [0.2, 0.25) is 0 Å². The van der Waals surface area contributed by atoms with Crippen molar-refractivity contribution in [2.75, 3.05) is 19.6 Å². The summed E-state index contributed by atoms with van der Waals surface area (Å²) in [6.45, 7) is 7.40. The first-order valence-corrected chi connectivity index (χ1v) is 8.09. The zero-order valence-electron chi connectivity index (χ0n) is 12.8. The standard InChI is InChI=1S/C16H27N3O/c1-3-7-16(12-17,8-4-2)15(20)18-14-11-19-9-5-13(14)6-10-19/h13-14H,3-11H2,1-2H3,(H,18,20). The topological polar surface area (TPSA) is 56.1 Å². The monoisotopic (exact) mass is 277 g/mol. The minimum absolute atomic E-state index is 0.0255. The number of carbonyl (C=O) groups excluding carboxylic acids is 1. The Labute approximate surface area is 122 Å².